The molecule has 24 heavy (non-hydrogen) atoms. The SMILES string of the molecule is COc1ccc(S(=O)(=O)Nc2ccccc2C(=O)C(C)(C)C)cc1. The van der Waals surface area contributed by atoms with E-state index in [1.165, 1.54) is 19.2 Å². The van der Waals surface area contributed by atoms with Gasteiger partial charge in [0.25, 0.3) is 10.0 Å². The van der Waals surface area contributed by atoms with Crippen molar-refractivity contribution in [2.45, 2.75) is 25.7 Å². The molecule has 0 spiro atoms. The van der Waals surface area contributed by atoms with E-state index >= 15 is 0 Å². The van der Waals surface area contributed by atoms with Gasteiger partial charge in [-0.15, -0.1) is 0 Å². The number of hydrogen-bond donors (Lipinski definition) is 1. The molecule has 0 unspecified atom stereocenters. The maximum atomic E-state index is 12.6. The number of Topliss-reactive ketones (excluding diaryl/α,β-unsaturated/α-hetero) is 1. The molecular formula is C18H21NO4S. The number of ketones is 1. The van der Waals surface area contributed by atoms with Crippen LogP contribution < -0.4 is 9.46 Å². The lowest BCUT2D eigenvalue weighted by Crippen LogP contribution is -2.23. The number of anilines is 1. The van der Waals surface area contributed by atoms with Crippen molar-refractivity contribution in [1.29, 1.82) is 0 Å². The van der Waals surface area contributed by atoms with Crippen molar-refractivity contribution in [2.75, 3.05) is 11.8 Å². The average molecular weight is 347 g/mol. The van der Waals surface area contributed by atoms with Crippen LogP contribution in [0.5, 0.6) is 5.75 Å². The summed E-state index contributed by atoms with van der Waals surface area (Å²) < 4.78 is 32.7. The van der Waals surface area contributed by atoms with E-state index in [-0.39, 0.29) is 16.4 Å². The van der Waals surface area contributed by atoms with E-state index in [4.69, 9.17) is 4.74 Å². The topological polar surface area (TPSA) is 72.5 Å². The summed E-state index contributed by atoms with van der Waals surface area (Å²) in [4.78, 5) is 12.6. The minimum Gasteiger partial charge on any atom is -0.497 e. The molecular weight excluding hydrogens is 326 g/mol. The van der Waals surface area contributed by atoms with Crippen LogP contribution in [0.25, 0.3) is 0 Å². The van der Waals surface area contributed by atoms with Crippen LogP contribution in [0.15, 0.2) is 53.4 Å². The summed E-state index contributed by atoms with van der Waals surface area (Å²) in [5, 5.41) is 0. The van der Waals surface area contributed by atoms with Gasteiger partial charge in [-0.25, -0.2) is 8.42 Å². The number of sulfonamides is 1. The Bertz CT molecular complexity index is 834. The Morgan fingerprint density at radius 2 is 1.58 bits per heavy atom. The summed E-state index contributed by atoms with van der Waals surface area (Å²) in [5.41, 5.74) is 0.0112. The molecule has 0 atom stereocenters. The van der Waals surface area contributed by atoms with Gasteiger partial charge in [-0.1, -0.05) is 32.9 Å². The van der Waals surface area contributed by atoms with Crippen LogP contribution in [0.3, 0.4) is 0 Å². The molecule has 0 aromatic heterocycles. The maximum absolute atomic E-state index is 12.6. The normalized spacial score (nSPS) is 11.8. The van der Waals surface area contributed by atoms with Crippen LogP contribution >= 0.6 is 0 Å². The lowest BCUT2D eigenvalue weighted by atomic mass is 9.86. The van der Waals surface area contributed by atoms with Crippen molar-refractivity contribution in [1.82, 2.24) is 0 Å². The zero-order chi connectivity index (χ0) is 18.0. The molecule has 0 amide bonds. The highest BCUT2D eigenvalue weighted by atomic mass is 32.2. The Hall–Kier alpha value is -2.34. The zero-order valence-corrected chi connectivity index (χ0v) is 15.0. The summed E-state index contributed by atoms with van der Waals surface area (Å²) in [5.74, 6) is 0.438. The Balaban J connectivity index is 2.38. The van der Waals surface area contributed by atoms with Gasteiger partial charge in [0.15, 0.2) is 5.78 Å². The van der Waals surface area contributed by atoms with Gasteiger partial charge in [-0.2, -0.15) is 0 Å². The monoisotopic (exact) mass is 347 g/mol. The first-order valence-corrected chi connectivity index (χ1v) is 8.94. The fourth-order valence-corrected chi connectivity index (χ4v) is 3.21. The third kappa shape index (κ3) is 3.94. The van der Waals surface area contributed by atoms with Crippen molar-refractivity contribution in [3.8, 4) is 5.75 Å². The third-order valence-corrected chi connectivity index (χ3v) is 4.85. The van der Waals surface area contributed by atoms with Crippen molar-refractivity contribution < 1.29 is 17.9 Å². The Kier molecular flexibility index (Phi) is 4.99. The fourth-order valence-electron chi connectivity index (χ4n) is 2.13. The fraction of sp³-hybridized carbons (Fsp3) is 0.278. The third-order valence-electron chi connectivity index (χ3n) is 3.47. The van der Waals surface area contributed by atoms with E-state index in [9.17, 15) is 13.2 Å². The first-order valence-electron chi connectivity index (χ1n) is 7.46. The largest absolute Gasteiger partial charge is 0.497 e. The number of hydrogen-bond acceptors (Lipinski definition) is 4. The number of para-hydroxylation sites is 1. The first kappa shape index (κ1) is 18.0. The second-order valence-corrected chi connectivity index (χ2v) is 8.09. The molecule has 0 fully saturated rings. The van der Waals surface area contributed by atoms with E-state index in [1.54, 1.807) is 57.2 Å². The molecule has 0 aliphatic heterocycles. The van der Waals surface area contributed by atoms with Gasteiger partial charge in [0.05, 0.1) is 17.7 Å². The summed E-state index contributed by atoms with van der Waals surface area (Å²) in [7, 11) is -2.29. The lowest BCUT2D eigenvalue weighted by Gasteiger charge is -2.19. The van der Waals surface area contributed by atoms with Gasteiger partial charge in [-0.05, 0) is 36.4 Å². The van der Waals surface area contributed by atoms with Crippen molar-refractivity contribution >= 4 is 21.5 Å². The number of carbonyl (C=O) groups excluding carboxylic acids is 1. The van der Waals surface area contributed by atoms with Crippen LogP contribution in [0.1, 0.15) is 31.1 Å². The standard InChI is InChI=1S/C18H21NO4S/c1-18(2,3)17(20)15-7-5-6-8-16(15)19-24(21,22)14-11-9-13(23-4)10-12-14/h5-12,19H,1-4H3. The molecule has 128 valence electrons. The number of ether oxygens (including phenoxy) is 1. The molecule has 2 rings (SSSR count). The van der Waals surface area contributed by atoms with Crippen LogP contribution in [-0.2, 0) is 10.0 Å². The highest BCUT2D eigenvalue weighted by molar-refractivity contribution is 7.92. The summed E-state index contributed by atoms with van der Waals surface area (Å²) in [6.07, 6.45) is 0. The highest BCUT2D eigenvalue weighted by Crippen LogP contribution is 2.27. The second kappa shape index (κ2) is 6.65. The van der Waals surface area contributed by atoms with E-state index in [2.05, 4.69) is 4.72 Å². The quantitative estimate of drug-likeness (QED) is 0.837. The summed E-state index contributed by atoms with van der Waals surface area (Å²) >= 11 is 0. The average Bonchev–Trinajstić information content (AvgIpc) is 2.53. The minimum atomic E-state index is -3.80. The van der Waals surface area contributed by atoms with Gasteiger partial charge in [0.2, 0.25) is 0 Å². The van der Waals surface area contributed by atoms with E-state index in [0.717, 1.165) is 0 Å². The number of methoxy groups -OCH3 is 1. The predicted octanol–water partition coefficient (Wildman–Crippen LogP) is 3.72. The number of rotatable bonds is 5. The lowest BCUT2D eigenvalue weighted by molar-refractivity contribution is 0.0859. The molecule has 0 saturated carbocycles. The summed E-state index contributed by atoms with van der Waals surface area (Å²) in [6.45, 7) is 5.39. The van der Waals surface area contributed by atoms with Crippen LogP contribution in [0.4, 0.5) is 5.69 Å². The molecule has 0 aliphatic carbocycles. The van der Waals surface area contributed by atoms with Gasteiger partial charge in [-0.3, -0.25) is 9.52 Å². The molecule has 0 saturated heterocycles. The smallest absolute Gasteiger partial charge is 0.261 e. The molecule has 1 N–H and O–H groups in total. The molecule has 0 heterocycles. The van der Waals surface area contributed by atoms with Crippen molar-refractivity contribution in [3.63, 3.8) is 0 Å². The molecule has 6 heteroatoms. The van der Waals surface area contributed by atoms with Crippen molar-refractivity contribution in [3.05, 3.63) is 54.1 Å². The number of nitrogens with one attached hydrogen (secondary N) is 1. The molecule has 0 aliphatic rings. The van der Waals surface area contributed by atoms with Gasteiger partial charge in [0.1, 0.15) is 5.75 Å². The maximum Gasteiger partial charge on any atom is 0.261 e. The van der Waals surface area contributed by atoms with E-state index < -0.39 is 15.4 Å². The molecule has 2 aromatic carbocycles. The van der Waals surface area contributed by atoms with Crippen LogP contribution in [-0.4, -0.2) is 21.3 Å². The van der Waals surface area contributed by atoms with Gasteiger partial charge in [0, 0.05) is 11.0 Å². The van der Waals surface area contributed by atoms with E-state index in [0.29, 0.717) is 11.3 Å². The van der Waals surface area contributed by atoms with Crippen molar-refractivity contribution in [2.24, 2.45) is 5.41 Å². The summed E-state index contributed by atoms with van der Waals surface area (Å²) in [6, 6.07) is 12.7. The zero-order valence-electron chi connectivity index (χ0n) is 14.2. The van der Waals surface area contributed by atoms with Crippen LogP contribution in [0.2, 0.25) is 0 Å². The Labute approximate surface area is 142 Å². The molecule has 0 radical (unpaired) electrons. The molecule has 0 bridgehead atoms. The second-order valence-electron chi connectivity index (χ2n) is 6.41. The van der Waals surface area contributed by atoms with E-state index in [1.807, 2.05) is 0 Å². The number of benzene rings is 2. The Morgan fingerprint density at radius 1 is 1.00 bits per heavy atom. The highest BCUT2D eigenvalue weighted by Gasteiger charge is 2.26. The first-order chi connectivity index (χ1) is 11.1. The Morgan fingerprint density at radius 3 is 2.12 bits per heavy atom. The molecule has 5 nitrogen and oxygen atoms in total. The van der Waals surface area contributed by atoms with Crippen LogP contribution in [0, 0.1) is 5.41 Å². The van der Waals surface area contributed by atoms with Gasteiger partial charge < -0.3 is 4.74 Å². The minimum absolute atomic E-state index is 0.0984. The predicted molar refractivity (Wildman–Crippen MR) is 94.0 cm³/mol. The number of carbonyl (C=O) groups is 1. The molecule has 2 aromatic rings. The van der Waals surface area contributed by atoms with Gasteiger partial charge >= 0.3 is 0 Å².